The Kier molecular flexibility index (Phi) is 5.56. The number of nitrogens with one attached hydrogen (secondary N) is 2. The lowest BCUT2D eigenvalue weighted by Gasteiger charge is -2.10. The number of rotatable bonds is 7. The smallest absolute Gasteiger partial charge is 0.253 e. The molecule has 2 aromatic carbocycles. The zero-order valence-corrected chi connectivity index (χ0v) is 15.0. The molecule has 0 aliphatic rings. The van der Waals surface area contributed by atoms with Gasteiger partial charge in [0.15, 0.2) is 0 Å². The minimum Gasteiger partial charge on any atom is -0.497 e. The Morgan fingerprint density at radius 3 is 2.81 bits per heavy atom. The van der Waals surface area contributed by atoms with E-state index >= 15 is 0 Å². The Morgan fingerprint density at radius 1 is 1.22 bits per heavy atom. The van der Waals surface area contributed by atoms with Crippen LogP contribution in [0.25, 0.3) is 11.0 Å². The van der Waals surface area contributed by atoms with Gasteiger partial charge in [-0.1, -0.05) is 18.2 Å². The minimum absolute atomic E-state index is 0.127. The molecule has 0 radical (unpaired) electrons. The number of amides is 2. The Morgan fingerprint density at radius 2 is 2.04 bits per heavy atom. The summed E-state index contributed by atoms with van der Waals surface area (Å²) in [6.45, 7) is 3.93. The van der Waals surface area contributed by atoms with Crippen molar-refractivity contribution in [2.45, 2.75) is 6.42 Å². The van der Waals surface area contributed by atoms with Crippen LogP contribution in [0.4, 0.5) is 5.69 Å². The van der Waals surface area contributed by atoms with Crippen LogP contribution >= 0.6 is 0 Å². The molecule has 27 heavy (non-hydrogen) atoms. The number of carbonyl (C=O) groups is 2. The van der Waals surface area contributed by atoms with Crippen molar-refractivity contribution in [1.29, 1.82) is 0 Å². The zero-order chi connectivity index (χ0) is 19.2. The molecule has 0 unspecified atom stereocenters. The second kappa shape index (κ2) is 8.23. The molecule has 6 nitrogen and oxygen atoms in total. The Bertz CT molecular complexity index is 991. The molecule has 0 bridgehead atoms. The van der Waals surface area contributed by atoms with Crippen molar-refractivity contribution in [2.75, 3.05) is 19.0 Å². The van der Waals surface area contributed by atoms with E-state index in [9.17, 15) is 9.59 Å². The van der Waals surface area contributed by atoms with Crippen LogP contribution < -0.4 is 15.4 Å². The largest absolute Gasteiger partial charge is 0.497 e. The third-order valence-electron chi connectivity index (χ3n) is 4.07. The van der Waals surface area contributed by atoms with Gasteiger partial charge in [-0.15, -0.1) is 6.58 Å². The van der Waals surface area contributed by atoms with Crippen molar-refractivity contribution in [1.82, 2.24) is 5.32 Å². The number of carbonyl (C=O) groups excluding carboxylic acids is 2. The molecule has 2 amide bonds. The van der Waals surface area contributed by atoms with E-state index < -0.39 is 0 Å². The Hall–Kier alpha value is -3.54. The number of para-hydroxylation sites is 1. The van der Waals surface area contributed by atoms with Crippen molar-refractivity contribution in [3.05, 3.63) is 72.5 Å². The number of hydrogen-bond acceptors (Lipinski definition) is 4. The number of furan rings is 1. The number of hydrogen-bond donors (Lipinski definition) is 2. The maximum atomic E-state index is 12.5. The summed E-state index contributed by atoms with van der Waals surface area (Å²) in [7, 11) is 1.58. The molecule has 2 N–H and O–H groups in total. The van der Waals surface area contributed by atoms with E-state index in [1.807, 2.05) is 12.1 Å². The summed E-state index contributed by atoms with van der Waals surface area (Å²) in [4.78, 5) is 24.7. The highest BCUT2D eigenvalue weighted by molar-refractivity contribution is 6.04. The molecule has 0 fully saturated rings. The van der Waals surface area contributed by atoms with Gasteiger partial charge in [0.05, 0.1) is 31.0 Å². The number of ether oxygens (including phenoxy) is 1. The van der Waals surface area contributed by atoms with Crippen molar-refractivity contribution in [3.8, 4) is 5.75 Å². The van der Waals surface area contributed by atoms with E-state index in [0.29, 0.717) is 29.1 Å². The maximum Gasteiger partial charge on any atom is 0.253 e. The third kappa shape index (κ3) is 4.17. The van der Waals surface area contributed by atoms with E-state index in [4.69, 9.17) is 9.15 Å². The first-order valence-electron chi connectivity index (χ1n) is 8.44. The first-order chi connectivity index (χ1) is 13.1. The molecular weight excluding hydrogens is 344 g/mol. The van der Waals surface area contributed by atoms with Crippen molar-refractivity contribution < 1.29 is 18.7 Å². The van der Waals surface area contributed by atoms with Gasteiger partial charge in [-0.05, 0) is 24.3 Å². The molecule has 1 aromatic heterocycles. The van der Waals surface area contributed by atoms with Crippen molar-refractivity contribution in [3.63, 3.8) is 0 Å². The lowest BCUT2D eigenvalue weighted by molar-refractivity contribution is -0.115. The van der Waals surface area contributed by atoms with Crippen LogP contribution in [-0.2, 0) is 11.2 Å². The first-order valence-corrected chi connectivity index (χ1v) is 8.44. The molecule has 6 heteroatoms. The average molecular weight is 364 g/mol. The molecule has 3 aromatic rings. The zero-order valence-electron chi connectivity index (χ0n) is 15.0. The molecular formula is C21H20N2O4. The lowest BCUT2D eigenvalue weighted by Crippen LogP contribution is -2.25. The topological polar surface area (TPSA) is 80.6 Å². The van der Waals surface area contributed by atoms with Gasteiger partial charge in [0, 0.05) is 23.6 Å². The fraction of sp³-hybridized carbons (Fsp3) is 0.143. The van der Waals surface area contributed by atoms with Gasteiger partial charge in [0.2, 0.25) is 5.91 Å². The second-order valence-corrected chi connectivity index (χ2v) is 5.89. The molecule has 0 saturated carbocycles. The molecule has 0 saturated heterocycles. The maximum absolute atomic E-state index is 12.5. The van der Waals surface area contributed by atoms with Crippen LogP contribution in [0.2, 0.25) is 0 Å². The van der Waals surface area contributed by atoms with Crippen LogP contribution in [0.3, 0.4) is 0 Å². The van der Waals surface area contributed by atoms with Crippen LogP contribution in [0.1, 0.15) is 15.9 Å². The van der Waals surface area contributed by atoms with E-state index in [-0.39, 0.29) is 18.2 Å². The number of methoxy groups -OCH3 is 1. The normalized spacial score (nSPS) is 10.4. The van der Waals surface area contributed by atoms with E-state index in [0.717, 1.165) is 10.9 Å². The predicted molar refractivity (Wildman–Crippen MR) is 104 cm³/mol. The molecule has 0 aliphatic carbocycles. The molecule has 0 aliphatic heterocycles. The van der Waals surface area contributed by atoms with Gasteiger partial charge in [-0.3, -0.25) is 9.59 Å². The third-order valence-corrected chi connectivity index (χ3v) is 4.07. The molecule has 3 rings (SSSR count). The van der Waals surface area contributed by atoms with Gasteiger partial charge in [-0.25, -0.2) is 0 Å². The molecule has 1 heterocycles. The fourth-order valence-electron chi connectivity index (χ4n) is 2.74. The summed E-state index contributed by atoms with van der Waals surface area (Å²) >= 11 is 0. The number of fused-ring (bicyclic) bond motifs is 1. The summed E-state index contributed by atoms with van der Waals surface area (Å²) in [6.07, 6.45) is 3.28. The van der Waals surface area contributed by atoms with Crippen LogP contribution in [-0.4, -0.2) is 25.5 Å². The highest BCUT2D eigenvalue weighted by Crippen LogP contribution is 2.26. The quantitative estimate of drug-likeness (QED) is 0.629. The highest BCUT2D eigenvalue weighted by Gasteiger charge is 2.15. The summed E-state index contributed by atoms with van der Waals surface area (Å²) in [5, 5.41) is 6.36. The van der Waals surface area contributed by atoms with Crippen LogP contribution in [0, 0.1) is 0 Å². The van der Waals surface area contributed by atoms with Crippen molar-refractivity contribution in [2.24, 2.45) is 0 Å². The molecule has 138 valence electrons. The molecule has 0 spiro atoms. The summed E-state index contributed by atoms with van der Waals surface area (Å²) in [6, 6.07) is 12.3. The minimum atomic E-state index is -0.272. The highest BCUT2D eigenvalue weighted by atomic mass is 16.5. The van der Waals surface area contributed by atoms with Gasteiger partial charge >= 0.3 is 0 Å². The van der Waals surface area contributed by atoms with E-state index in [1.165, 1.54) is 0 Å². The standard InChI is InChI=1S/C21H20N2O4/c1-3-10-22-21(25)17-6-4-5-7-18(17)23-20(24)11-14-13-27-19-12-15(26-2)8-9-16(14)19/h3-9,12-13H,1,10-11H2,2H3,(H,22,25)(H,23,24). The number of benzene rings is 2. The number of anilines is 1. The predicted octanol–water partition coefficient (Wildman–Crippen LogP) is 3.54. The van der Waals surface area contributed by atoms with Gasteiger partial charge in [0.25, 0.3) is 5.91 Å². The Labute approximate surface area is 156 Å². The van der Waals surface area contributed by atoms with Gasteiger partial charge < -0.3 is 19.8 Å². The first kappa shape index (κ1) is 18.3. The van der Waals surface area contributed by atoms with Gasteiger partial charge in [0.1, 0.15) is 11.3 Å². The van der Waals surface area contributed by atoms with E-state index in [2.05, 4.69) is 17.2 Å². The van der Waals surface area contributed by atoms with Crippen LogP contribution in [0.5, 0.6) is 5.75 Å². The summed E-state index contributed by atoms with van der Waals surface area (Å²) < 4.78 is 10.7. The lowest BCUT2D eigenvalue weighted by atomic mass is 10.1. The average Bonchev–Trinajstić information content (AvgIpc) is 3.08. The van der Waals surface area contributed by atoms with Crippen molar-refractivity contribution >= 4 is 28.5 Å². The fourth-order valence-corrected chi connectivity index (χ4v) is 2.74. The molecule has 0 atom stereocenters. The van der Waals surface area contributed by atoms with Gasteiger partial charge in [-0.2, -0.15) is 0 Å². The van der Waals surface area contributed by atoms with Crippen LogP contribution in [0.15, 0.2) is 65.8 Å². The summed E-state index contributed by atoms with van der Waals surface area (Å²) in [5.74, 6) is 0.177. The Balaban J connectivity index is 1.75. The monoisotopic (exact) mass is 364 g/mol. The second-order valence-electron chi connectivity index (χ2n) is 5.89. The van der Waals surface area contributed by atoms with E-state index in [1.54, 1.807) is 49.8 Å². The SMILES string of the molecule is C=CCNC(=O)c1ccccc1NC(=O)Cc1coc2cc(OC)ccc12. The summed E-state index contributed by atoms with van der Waals surface area (Å²) in [5.41, 5.74) is 2.27.